The molecule has 0 aliphatic carbocycles. The van der Waals surface area contributed by atoms with Gasteiger partial charge in [0.05, 0.1) is 12.3 Å². The van der Waals surface area contributed by atoms with E-state index in [9.17, 15) is 4.79 Å². The fraction of sp³-hybridized carbons (Fsp3) is 0.312. The van der Waals surface area contributed by atoms with Gasteiger partial charge in [0.25, 0.3) is 5.56 Å². The fourth-order valence-corrected chi connectivity index (χ4v) is 2.32. The first kappa shape index (κ1) is 15.6. The van der Waals surface area contributed by atoms with Crippen molar-refractivity contribution in [3.8, 4) is 17.0 Å². The van der Waals surface area contributed by atoms with E-state index in [-0.39, 0.29) is 10.6 Å². The van der Waals surface area contributed by atoms with E-state index in [2.05, 4.69) is 0 Å². The molecular formula is C16H18ClNO3. The van der Waals surface area contributed by atoms with Crippen molar-refractivity contribution in [3.05, 3.63) is 51.3 Å². The summed E-state index contributed by atoms with van der Waals surface area (Å²) in [5, 5.41) is 0.221. The number of aryl methyl sites for hydroxylation is 1. The summed E-state index contributed by atoms with van der Waals surface area (Å²) in [4.78, 5) is 11.9. The van der Waals surface area contributed by atoms with Crippen LogP contribution < -0.4 is 10.3 Å². The summed E-state index contributed by atoms with van der Waals surface area (Å²) < 4.78 is 12.1. The minimum Gasteiger partial charge on any atom is -0.491 e. The molecule has 5 heteroatoms. The maximum atomic E-state index is 11.9. The van der Waals surface area contributed by atoms with Crippen molar-refractivity contribution in [2.24, 2.45) is 7.05 Å². The van der Waals surface area contributed by atoms with Crippen molar-refractivity contribution in [3.63, 3.8) is 0 Å². The highest BCUT2D eigenvalue weighted by molar-refractivity contribution is 6.30. The summed E-state index contributed by atoms with van der Waals surface area (Å²) in [5.74, 6) is 0.785. The van der Waals surface area contributed by atoms with Gasteiger partial charge < -0.3 is 14.0 Å². The van der Waals surface area contributed by atoms with Crippen LogP contribution in [0.4, 0.5) is 0 Å². The average Bonchev–Trinajstić information content (AvgIpc) is 2.46. The van der Waals surface area contributed by atoms with E-state index in [0.29, 0.717) is 13.2 Å². The summed E-state index contributed by atoms with van der Waals surface area (Å²) in [7, 11) is 3.35. The van der Waals surface area contributed by atoms with Crippen molar-refractivity contribution in [1.82, 2.24) is 4.57 Å². The van der Waals surface area contributed by atoms with E-state index in [1.165, 1.54) is 0 Å². The zero-order valence-electron chi connectivity index (χ0n) is 12.4. The molecule has 0 radical (unpaired) electrons. The Labute approximate surface area is 128 Å². The Hall–Kier alpha value is -1.78. The largest absolute Gasteiger partial charge is 0.491 e. The highest BCUT2D eigenvalue weighted by Crippen LogP contribution is 2.26. The SMILES string of the molecule is COCCOc1ccc(-c2ccc(Cl)c(=O)n2C)c(C)c1. The van der Waals surface area contributed by atoms with Crippen molar-refractivity contribution >= 4 is 11.6 Å². The van der Waals surface area contributed by atoms with Crippen molar-refractivity contribution in [2.75, 3.05) is 20.3 Å². The monoisotopic (exact) mass is 307 g/mol. The first-order valence-electron chi connectivity index (χ1n) is 6.63. The quantitative estimate of drug-likeness (QED) is 0.797. The first-order valence-corrected chi connectivity index (χ1v) is 7.00. The van der Waals surface area contributed by atoms with Crippen LogP contribution in [0.1, 0.15) is 5.56 Å². The molecule has 21 heavy (non-hydrogen) atoms. The van der Waals surface area contributed by atoms with Gasteiger partial charge in [-0.15, -0.1) is 0 Å². The first-order chi connectivity index (χ1) is 10.0. The third kappa shape index (κ3) is 3.46. The van der Waals surface area contributed by atoms with E-state index in [1.54, 1.807) is 24.8 Å². The summed E-state index contributed by atoms with van der Waals surface area (Å²) >= 11 is 5.84. The van der Waals surface area contributed by atoms with Gasteiger partial charge in [-0.2, -0.15) is 0 Å². The number of aromatic nitrogens is 1. The molecule has 1 aromatic carbocycles. The number of nitrogens with zero attached hydrogens (tertiary/aromatic N) is 1. The number of hydrogen-bond acceptors (Lipinski definition) is 3. The lowest BCUT2D eigenvalue weighted by atomic mass is 10.0. The summed E-state index contributed by atoms with van der Waals surface area (Å²) in [6.07, 6.45) is 0. The van der Waals surface area contributed by atoms with E-state index < -0.39 is 0 Å². The van der Waals surface area contributed by atoms with Crippen LogP contribution in [-0.2, 0) is 11.8 Å². The molecule has 0 aliphatic rings. The molecule has 2 aromatic rings. The van der Waals surface area contributed by atoms with Crippen LogP contribution in [0.2, 0.25) is 5.02 Å². The van der Waals surface area contributed by atoms with Gasteiger partial charge in [-0.25, -0.2) is 0 Å². The molecule has 0 unspecified atom stereocenters. The number of pyridine rings is 1. The molecular weight excluding hydrogens is 290 g/mol. The van der Waals surface area contributed by atoms with Gasteiger partial charge in [0, 0.05) is 19.7 Å². The van der Waals surface area contributed by atoms with Crippen molar-refractivity contribution < 1.29 is 9.47 Å². The molecule has 0 aliphatic heterocycles. The number of rotatable bonds is 5. The zero-order chi connectivity index (χ0) is 15.4. The van der Waals surface area contributed by atoms with Crippen LogP contribution in [-0.4, -0.2) is 24.9 Å². The molecule has 112 valence electrons. The Morgan fingerprint density at radius 3 is 2.62 bits per heavy atom. The smallest absolute Gasteiger partial charge is 0.269 e. The molecule has 1 aromatic heterocycles. The zero-order valence-corrected chi connectivity index (χ0v) is 13.1. The minimum absolute atomic E-state index is 0.200. The van der Waals surface area contributed by atoms with Gasteiger partial charge in [-0.1, -0.05) is 11.6 Å². The Morgan fingerprint density at radius 1 is 1.19 bits per heavy atom. The third-order valence-electron chi connectivity index (χ3n) is 3.29. The highest BCUT2D eigenvalue weighted by atomic mass is 35.5. The number of ether oxygens (including phenoxy) is 2. The van der Waals surface area contributed by atoms with Gasteiger partial charge in [0.2, 0.25) is 0 Å². The summed E-state index contributed by atoms with van der Waals surface area (Å²) in [6.45, 7) is 3.04. The molecule has 0 N–H and O–H groups in total. The molecule has 1 heterocycles. The predicted octanol–water partition coefficient (Wildman–Crippen LogP) is 3.04. The third-order valence-corrected chi connectivity index (χ3v) is 3.58. The Kier molecular flexibility index (Phi) is 5.04. The summed E-state index contributed by atoms with van der Waals surface area (Å²) in [6, 6.07) is 9.25. The van der Waals surface area contributed by atoms with Crippen molar-refractivity contribution in [1.29, 1.82) is 0 Å². The average molecular weight is 308 g/mol. The normalized spacial score (nSPS) is 10.7. The van der Waals surface area contributed by atoms with Crippen LogP contribution in [0.25, 0.3) is 11.3 Å². The number of halogens is 1. The second-order valence-electron chi connectivity index (χ2n) is 4.75. The number of benzene rings is 1. The minimum atomic E-state index is -0.200. The molecule has 0 saturated heterocycles. The lowest BCUT2D eigenvalue weighted by Gasteiger charge is -2.13. The van der Waals surface area contributed by atoms with Gasteiger partial charge in [-0.05, 0) is 42.8 Å². The van der Waals surface area contributed by atoms with Crippen LogP contribution in [0, 0.1) is 6.92 Å². The van der Waals surface area contributed by atoms with Gasteiger partial charge in [0.15, 0.2) is 0 Å². The molecule has 0 spiro atoms. The molecule has 0 bridgehead atoms. The van der Waals surface area contributed by atoms with Gasteiger partial charge in [0.1, 0.15) is 17.4 Å². The lowest BCUT2D eigenvalue weighted by molar-refractivity contribution is 0.146. The number of methoxy groups -OCH3 is 1. The molecule has 0 amide bonds. The molecule has 0 atom stereocenters. The van der Waals surface area contributed by atoms with Gasteiger partial charge in [-0.3, -0.25) is 4.79 Å². The highest BCUT2D eigenvalue weighted by Gasteiger charge is 2.09. The van der Waals surface area contributed by atoms with Crippen LogP contribution in [0.15, 0.2) is 35.1 Å². The Bertz CT molecular complexity index is 694. The Balaban J connectivity index is 2.33. The van der Waals surface area contributed by atoms with E-state index in [1.807, 2.05) is 31.2 Å². The molecule has 0 saturated carbocycles. The second-order valence-corrected chi connectivity index (χ2v) is 5.16. The molecule has 4 nitrogen and oxygen atoms in total. The van der Waals surface area contributed by atoms with E-state index in [4.69, 9.17) is 21.1 Å². The predicted molar refractivity (Wildman–Crippen MR) is 84.2 cm³/mol. The maximum Gasteiger partial charge on any atom is 0.269 e. The molecule has 0 fully saturated rings. The van der Waals surface area contributed by atoms with E-state index >= 15 is 0 Å². The van der Waals surface area contributed by atoms with Crippen LogP contribution in [0.3, 0.4) is 0 Å². The fourth-order valence-electron chi connectivity index (χ4n) is 2.13. The Morgan fingerprint density at radius 2 is 1.95 bits per heavy atom. The lowest BCUT2D eigenvalue weighted by Crippen LogP contribution is -2.18. The summed E-state index contributed by atoms with van der Waals surface area (Å²) in [5.41, 5.74) is 2.63. The van der Waals surface area contributed by atoms with Crippen LogP contribution >= 0.6 is 11.6 Å². The maximum absolute atomic E-state index is 11.9. The topological polar surface area (TPSA) is 40.5 Å². The number of hydrogen-bond donors (Lipinski definition) is 0. The van der Waals surface area contributed by atoms with E-state index in [0.717, 1.165) is 22.6 Å². The standard InChI is InChI=1S/C16H18ClNO3/c1-11-10-12(21-9-8-20-3)4-5-13(11)15-7-6-14(17)16(19)18(15)2/h4-7,10H,8-9H2,1-3H3. The van der Waals surface area contributed by atoms with Gasteiger partial charge >= 0.3 is 0 Å². The van der Waals surface area contributed by atoms with Crippen molar-refractivity contribution in [2.45, 2.75) is 6.92 Å². The van der Waals surface area contributed by atoms with Crippen LogP contribution in [0.5, 0.6) is 5.75 Å². The molecule has 2 rings (SSSR count). The second kappa shape index (κ2) is 6.78.